The Morgan fingerprint density at radius 1 is 1.41 bits per heavy atom. The van der Waals surface area contributed by atoms with Crippen molar-refractivity contribution < 1.29 is 14.6 Å². The fourth-order valence-corrected chi connectivity index (χ4v) is 2.97. The molecular formula is C15H19N3O3S. The predicted molar refractivity (Wildman–Crippen MR) is 83.7 cm³/mol. The molecule has 0 amide bonds. The molecule has 0 fully saturated rings. The second-order valence-electron chi connectivity index (χ2n) is 5.74. The Kier molecular flexibility index (Phi) is 4.87. The molecule has 0 spiro atoms. The molecule has 0 saturated heterocycles. The maximum atomic E-state index is 12.2. The molecular weight excluding hydrogens is 302 g/mol. The molecule has 6 nitrogen and oxygen atoms in total. The summed E-state index contributed by atoms with van der Waals surface area (Å²) in [6, 6.07) is 1.72. The zero-order valence-corrected chi connectivity index (χ0v) is 13.8. The van der Waals surface area contributed by atoms with E-state index in [9.17, 15) is 9.90 Å². The minimum atomic E-state index is -0.883. The third-order valence-electron chi connectivity index (χ3n) is 2.83. The molecule has 2 aromatic heterocycles. The maximum absolute atomic E-state index is 12.2. The zero-order chi connectivity index (χ0) is 16.3. The van der Waals surface area contributed by atoms with Crippen molar-refractivity contribution in [3.05, 3.63) is 29.0 Å². The minimum absolute atomic E-state index is 0.366. The second kappa shape index (κ2) is 6.50. The van der Waals surface area contributed by atoms with E-state index in [0.29, 0.717) is 27.8 Å². The summed E-state index contributed by atoms with van der Waals surface area (Å²) >= 11 is 1.21. The van der Waals surface area contributed by atoms with Crippen molar-refractivity contribution in [3.8, 4) is 10.8 Å². The van der Waals surface area contributed by atoms with Gasteiger partial charge in [-0.05, 0) is 33.8 Å². The number of ether oxygens (including phenoxy) is 1. The van der Waals surface area contributed by atoms with Gasteiger partial charge in [-0.25, -0.2) is 19.7 Å². The number of carbonyl (C=O) groups excluding carboxylic acids is 1. The summed E-state index contributed by atoms with van der Waals surface area (Å²) in [5, 5.41) is 10.3. The molecule has 2 aromatic rings. The molecule has 118 valence electrons. The summed E-state index contributed by atoms with van der Waals surface area (Å²) in [6.07, 6.45) is 3.24. The zero-order valence-electron chi connectivity index (χ0n) is 13.0. The third kappa shape index (κ3) is 4.32. The smallest absolute Gasteiger partial charge is 0.350 e. The van der Waals surface area contributed by atoms with Crippen LogP contribution in [0.4, 0.5) is 0 Å². The van der Waals surface area contributed by atoms with E-state index in [1.54, 1.807) is 46.2 Å². The number of aromatic nitrogens is 3. The number of hydrogen-bond donors (Lipinski definition) is 1. The van der Waals surface area contributed by atoms with E-state index >= 15 is 0 Å². The van der Waals surface area contributed by atoms with Crippen LogP contribution in [0.25, 0.3) is 10.8 Å². The monoisotopic (exact) mass is 321 g/mol. The highest BCUT2D eigenvalue weighted by atomic mass is 32.1. The fraction of sp³-hybridized carbons (Fsp3) is 0.467. The molecule has 0 aliphatic heterocycles. The summed E-state index contributed by atoms with van der Waals surface area (Å²) < 4.78 is 5.37. The fourth-order valence-electron chi connectivity index (χ4n) is 2.07. The molecule has 2 rings (SSSR count). The molecule has 22 heavy (non-hydrogen) atoms. The first-order chi connectivity index (χ1) is 10.3. The van der Waals surface area contributed by atoms with Crippen molar-refractivity contribution in [3.63, 3.8) is 0 Å². The van der Waals surface area contributed by atoms with Gasteiger partial charge >= 0.3 is 5.97 Å². The van der Waals surface area contributed by atoms with Gasteiger partial charge in [0.2, 0.25) is 0 Å². The Morgan fingerprint density at radius 2 is 2.05 bits per heavy atom. The number of aryl methyl sites for hydroxylation is 1. The van der Waals surface area contributed by atoms with Gasteiger partial charge in [0.15, 0.2) is 10.8 Å². The van der Waals surface area contributed by atoms with E-state index in [1.165, 1.54) is 11.3 Å². The van der Waals surface area contributed by atoms with Crippen LogP contribution in [0.1, 0.15) is 42.6 Å². The lowest BCUT2D eigenvalue weighted by Gasteiger charge is -2.21. The molecule has 0 radical (unpaired) electrons. The predicted octanol–water partition coefficient (Wildman–Crippen LogP) is 2.61. The van der Waals surface area contributed by atoms with Gasteiger partial charge in [0.25, 0.3) is 0 Å². The Bertz CT molecular complexity index is 650. The van der Waals surface area contributed by atoms with Crippen molar-refractivity contribution >= 4 is 17.3 Å². The summed E-state index contributed by atoms with van der Waals surface area (Å²) in [6.45, 7) is 6.87. The molecule has 0 saturated carbocycles. The van der Waals surface area contributed by atoms with E-state index in [4.69, 9.17) is 4.74 Å². The average molecular weight is 321 g/mol. The molecule has 0 aliphatic rings. The molecule has 1 N–H and O–H groups in total. The van der Waals surface area contributed by atoms with Crippen LogP contribution in [0.3, 0.4) is 0 Å². The Morgan fingerprint density at radius 3 is 2.64 bits per heavy atom. The van der Waals surface area contributed by atoms with Crippen LogP contribution in [-0.4, -0.2) is 37.7 Å². The molecule has 2 heterocycles. The van der Waals surface area contributed by atoms with Crippen LogP contribution in [0.5, 0.6) is 0 Å². The number of hydrogen-bond acceptors (Lipinski definition) is 7. The summed E-state index contributed by atoms with van der Waals surface area (Å²) in [5.41, 5.74) is -0.293. The van der Waals surface area contributed by atoms with Crippen molar-refractivity contribution in [2.45, 2.75) is 45.8 Å². The molecule has 0 aliphatic carbocycles. The first kappa shape index (κ1) is 16.5. The van der Waals surface area contributed by atoms with Crippen LogP contribution >= 0.6 is 11.3 Å². The van der Waals surface area contributed by atoms with Crippen LogP contribution in [0.15, 0.2) is 18.5 Å². The number of esters is 1. The van der Waals surface area contributed by atoms with Gasteiger partial charge in [-0.1, -0.05) is 0 Å². The van der Waals surface area contributed by atoms with E-state index in [1.807, 2.05) is 0 Å². The van der Waals surface area contributed by atoms with E-state index in [2.05, 4.69) is 15.0 Å². The molecule has 0 aromatic carbocycles. The van der Waals surface area contributed by atoms with E-state index in [0.717, 1.165) is 0 Å². The van der Waals surface area contributed by atoms with Crippen LogP contribution in [0.2, 0.25) is 0 Å². The highest BCUT2D eigenvalue weighted by Crippen LogP contribution is 2.26. The summed E-state index contributed by atoms with van der Waals surface area (Å²) in [4.78, 5) is 25.2. The van der Waals surface area contributed by atoms with Gasteiger partial charge < -0.3 is 9.84 Å². The quantitative estimate of drug-likeness (QED) is 0.852. The van der Waals surface area contributed by atoms with Gasteiger partial charge in [-0.3, -0.25) is 0 Å². The molecule has 0 bridgehead atoms. The SMILES string of the molecule is Cc1nc(-c2ncccn2)sc1C(=O)O[C@@H](C)CC(C)(C)O. The van der Waals surface area contributed by atoms with Crippen LogP contribution in [0, 0.1) is 6.92 Å². The van der Waals surface area contributed by atoms with Gasteiger partial charge in [-0.15, -0.1) is 11.3 Å². The average Bonchev–Trinajstić information content (AvgIpc) is 2.79. The normalized spacial score (nSPS) is 13.0. The highest BCUT2D eigenvalue weighted by molar-refractivity contribution is 7.16. The lowest BCUT2D eigenvalue weighted by molar-refractivity contribution is -0.00219. The Balaban J connectivity index is 2.13. The molecule has 0 unspecified atom stereocenters. The van der Waals surface area contributed by atoms with Gasteiger partial charge in [0, 0.05) is 18.8 Å². The van der Waals surface area contributed by atoms with Crippen LogP contribution in [-0.2, 0) is 4.74 Å². The number of nitrogens with zero attached hydrogens (tertiary/aromatic N) is 3. The van der Waals surface area contributed by atoms with Crippen molar-refractivity contribution in [1.82, 2.24) is 15.0 Å². The summed E-state index contributed by atoms with van der Waals surface area (Å²) in [5.74, 6) is 0.0492. The van der Waals surface area contributed by atoms with Gasteiger partial charge in [0.05, 0.1) is 11.3 Å². The Hall–Kier alpha value is -1.86. The number of carbonyl (C=O) groups is 1. The van der Waals surface area contributed by atoms with E-state index < -0.39 is 11.6 Å². The topological polar surface area (TPSA) is 85.2 Å². The molecule has 7 heteroatoms. The highest BCUT2D eigenvalue weighted by Gasteiger charge is 2.24. The number of rotatable bonds is 5. The number of thiazole rings is 1. The number of aliphatic hydroxyl groups is 1. The maximum Gasteiger partial charge on any atom is 0.350 e. The van der Waals surface area contributed by atoms with Gasteiger partial charge in [0.1, 0.15) is 11.0 Å². The lowest BCUT2D eigenvalue weighted by atomic mass is 10.0. The van der Waals surface area contributed by atoms with E-state index in [-0.39, 0.29) is 6.10 Å². The van der Waals surface area contributed by atoms with Crippen molar-refractivity contribution in [2.75, 3.05) is 0 Å². The van der Waals surface area contributed by atoms with Crippen LogP contribution < -0.4 is 0 Å². The standard InChI is InChI=1S/C15H19N3O3S/c1-9(8-15(3,4)20)21-14(19)11-10(2)18-13(22-11)12-16-6-5-7-17-12/h5-7,9,20H,8H2,1-4H3/t9-/m0/s1. The second-order valence-corrected chi connectivity index (χ2v) is 6.74. The summed E-state index contributed by atoms with van der Waals surface area (Å²) in [7, 11) is 0. The third-order valence-corrected chi connectivity index (χ3v) is 3.97. The molecule has 1 atom stereocenters. The Labute approximate surface area is 133 Å². The first-order valence-corrected chi connectivity index (χ1v) is 7.76. The first-order valence-electron chi connectivity index (χ1n) is 6.94. The van der Waals surface area contributed by atoms with Crippen molar-refractivity contribution in [2.24, 2.45) is 0 Å². The minimum Gasteiger partial charge on any atom is -0.458 e. The lowest BCUT2D eigenvalue weighted by Crippen LogP contribution is -2.27. The van der Waals surface area contributed by atoms with Gasteiger partial charge in [-0.2, -0.15) is 0 Å². The largest absolute Gasteiger partial charge is 0.458 e. The van der Waals surface area contributed by atoms with Crippen molar-refractivity contribution in [1.29, 1.82) is 0 Å².